The predicted molar refractivity (Wildman–Crippen MR) is 140 cm³/mol. The Bertz CT molecular complexity index is 1340. The van der Waals surface area contributed by atoms with Crippen molar-refractivity contribution in [2.45, 2.75) is 18.6 Å². The molecule has 5 rings (SSSR count). The van der Waals surface area contributed by atoms with Crippen LogP contribution in [-0.2, 0) is 11.3 Å². The zero-order chi connectivity index (χ0) is 24.7. The first-order chi connectivity index (χ1) is 17.7. The van der Waals surface area contributed by atoms with Gasteiger partial charge in [-0.15, -0.1) is 10.2 Å². The zero-order valence-electron chi connectivity index (χ0n) is 20.0. The molecule has 1 aliphatic rings. The molecule has 36 heavy (non-hydrogen) atoms. The Hall–Kier alpha value is -3.91. The molecule has 1 aromatic heterocycles. The first-order valence-electron chi connectivity index (χ1n) is 11.9. The summed E-state index contributed by atoms with van der Waals surface area (Å²) in [5, 5.41) is 9.29. The number of ether oxygens (including phenoxy) is 2. The molecular weight excluding hydrogens is 472 g/mol. The number of hydrogen-bond acceptors (Lipinski definition) is 7. The van der Waals surface area contributed by atoms with Crippen molar-refractivity contribution < 1.29 is 14.3 Å². The van der Waals surface area contributed by atoms with Gasteiger partial charge in [0, 0.05) is 24.2 Å². The van der Waals surface area contributed by atoms with Crippen molar-refractivity contribution in [1.82, 2.24) is 20.1 Å². The van der Waals surface area contributed by atoms with E-state index in [-0.39, 0.29) is 11.7 Å². The molecule has 3 aromatic carbocycles. The van der Waals surface area contributed by atoms with Crippen LogP contribution < -0.4 is 9.47 Å². The van der Waals surface area contributed by atoms with Crippen molar-refractivity contribution in [3.63, 3.8) is 0 Å². The average molecular weight is 499 g/mol. The van der Waals surface area contributed by atoms with Crippen LogP contribution in [0, 0.1) is 0 Å². The number of benzene rings is 3. The van der Waals surface area contributed by atoms with Crippen LogP contribution >= 0.6 is 11.8 Å². The second-order valence-corrected chi connectivity index (χ2v) is 9.14. The quantitative estimate of drug-likeness (QED) is 0.312. The van der Waals surface area contributed by atoms with E-state index in [0.717, 1.165) is 33.9 Å². The molecule has 1 amide bonds. The van der Waals surface area contributed by atoms with Gasteiger partial charge in [-0.3, -0.25) is 4.79 Å². The van der Waals surface area contributed by atoms with E-state index in [0.29, 0.717) is 37.2 Å². The van der Waals surface area contributed by atoms with E-state index in [4.69, 9.17) is 14.5 Å². The summed E-state index contributed by atoms with van der Waals surface area (Å²) in [7, 11) is 0. The summed E-state index contributed by atoms with van der Waals surface area (Å²) in [4.78, 5) is 19.7. The molecule has 0 spiro atoms. The molecule has 0 atom stereocenters. The molecule has 1 aliphatic heterocycles. The summed E-state index contributed by atoms with van der Waals surface area (Å²) < 4.78 is 11.3. The van der Waals surface area contributed by atoms with Crippen LogP contribution in [0.5, 0.6) is 11.5 Å². The summed E-state index contributed by atoms with van der Waals surface area (Å²) in [6.07, 6.45) is 0. The number of carbonyl (C=O) groups is 1. The van der Waals surface area contributed by atoms with Gasteiger partial charge in [0.05, 0.1) is 5.75 Å². The van der Waals surface area contributed by atoms with Crippen LogP contribution in [-0.4, -0.2) is 51.5 Å². The minimum absolute atomic E-state index is 0.00869. The fourth-order valence-electron chi connectivity index (χ4n) is 3.96. The highest BCUT2D eigenvalue weighted by Gasteiger charge is 2.18. The fourth-order valence-corrected chi connectivity index (χ4v) is 4.65. The number of fused-ring (bicyclic) bond motifs is 1. The Balaban J connectivity index is 1.31. The van der Waals surface area contributed by atoms with Gasteiger partial charge in [0.1, 0.15) is 24.6 Å². The van der Waals surface area contributed by atoms with Crippen molar-refractivity contribution in [3.05, 3.63) is 84.4 Å². The summed E-state index contributed by atoms with van der Waals surface area (Å²) in [6, 6.07) is 25.6. The van der Waals surface area contributed by atoms with Crippen LogP contribution in [0.25, 0.3) is 22.5 Å². The van der Waals surface area contributed by atoms with Crippen molar-refractivity contribution in [3.8, 4) is 34.0 Å². The van der Waals surface area contributed by atoms with Crippen molar-refractivity contribution >= 4 is 17.7 Å². The first kappa shape index (κ1) is 23.8. The third-order valence-electron chi connectivity index (χ3n) is 5.80. The van der Waals surface area contributed by atoms with Gasteiger partial charge >= 0.3 is 0 Å². The van der Waals surface area contributed by atoms with E-state index in [9.17, 15) is 4.79 Å². The van der Waals surface area contributed by atoms with Crippen LogP contribution in [0.1, 0.15) is 12.5 Å². The lowest BCUT2D eigenvalue weighted by Gasteiger charge is -2.23. The normalized spacial score (nSPS) is 12.2. The molecule has 0 saturated carbocycles. The smallest absolute Gasteiger partial charge is 0.233 e. The molecule has 4 aromatic rings. The Kier molecular flexibility index (Phi) is 7.42. The number of nitrogens with zero attached hydrogens (tertiary/aromatic N) is 4. The van der Waals surface area contributed by atoms with Gasteiger partial charge in [0.25, 0.3) is 0 Å². The van der Waals surface area contributed by atoms with Gasteiger partial charge in [-0.2, -0.15) is 0 Å². The highest BCUT2D eigenvalue weighted by atomic mass is 32.2. The van der Waals surface area contributed by atoms with Crippen molar-refractivity contribution in [1.29, 1.82) is 0 Å². The van der Waals surface area contributed by atoms with Crippen LogP contribution in [0.4, 0.5) is 0 Å². The molecule has 7 nitrogen and oxygen atoms in total. The average Bonchev–Trinajstić information content (AvgIpc) is 2.95. The molecule has 0 aliphatic carbocycles. The second kappa shape index (κ2) is 11.2. The molecule has 0 N–H and O–H groups in total. The number of aromatic nitrogens is 3. The lowest BCUT2D eigenvalue weighted by atomic mass is 10.0. The highest BCUT2D eigenvalue weighted by Crippen LogP contribution is 2.32. The van der Waals surface area contributed by atoms with Crippen LogP contribution in [0.15, 0.2) is 84.0 Å². The predicted octanol–water partition coefficient (Wildman–Crippen LogP) is 5.12. The van der Waals surface area contributed by atoms with Gasteiger partial charge in [-0.05, 0) is 24.6 Å². The maximum Gasteiger partial charge on any atom is 0.233 e. The minimum Gasteiger partial charge on any atom is -0.486 e. The molecule has 0 radical (unpaired) electrons. The monoisotopic (exact) mass is 498 g/mol. The fraction of sp³-hybridized carbons (Fsp3) is 0.214. The zero-order valence-corrected chi connectivity index (χ0v) is 20.8. The molecule has 2 heterocycles. The topological polar surface area (TPSA) is 77.4 Å². The summed E-state index contributed by atoms with van der Waals surface area (Å²) in [6.45, 7) is 4.15. The highest BCUT2D eigenvalue weighted by molar-refractivity contribution is 7.99. The number of hydrogen-bond donors (Lipinski definition) is 0. The Morgan fingerprint density at radius 3 is 2.22 bits per heavy atom. The molecule has 0 unspecified atom stereocenters. The third kappa shape index (κ3) is 5.49. The SMILES string of the molecule is CCN(Cc1ccc2c(c1)OCCO2)C(=O)CSc1nnc(-c2ccccc2)c(-c2ccccc2)n1. The number of rotatable bonds is 8. The van der Waals surface area contributed by atoms with Gasteiger partial charge in [0.15, 0.2) is 11.5 Å². The van der Waals surface area contributed by atoms with E-state index < -0.39 is 0 Å². The van der Waals surface area contributed by atoms with Crippen molar-refractivity contribution in [2.75, 3.05) is 25.5 Å². The summed E-state index contributed by atoms with van der Waals surface area (Å²) in [5.41, 5.74) is 4.35. The van der Waals surface area contributed by atoms with E-state index in [1.54, 1.807) is 0 Å². The molecule has 0 fully saturated rings. The lowest BCUT2D eigenvalue weighted by molar-refractivity contribution is -0.128. The van der Waals surface area contributed by atoms with Gasteiger partial charge < -0.3 is 14.4 Å². The van der Waals surface area contributed by atoms with E-state index in [1.807, 2.05) is 90.7 Å². The molecule has 0 bridgehead atoms. The first-order valence-corrected chi connectivity index (χ1v) is 12.8. The number of thioether (sulfide) groups is 1. The van der Waals surface area contributed by atoms with Gasteiger partial charge in [-0.25, -0.2) is 4.98 Å². The largest absolute Gasteiger partial charge is 0.486 e. The molecular formula is C28H26N4O3S. The Morgan fingerprint density at radius 1 is 0.861 bits per heavy atom. The Morgan fingerprint density at radius 2 is 1.53 bits per heavy atom. The lowest BCUT2D eigenvalue weighted by Crippen LogP contribution is -2.31. The maximum absolute atomic E-state index is 13.1. The van der Waals surface area contributed by atoms with Gasteiger partial charge in [-0.1, -0.05) is 78.5 Å². The number of amides is 1. The van der Waals surface area contributed by atoms with Crippen LogP contribution in [0.3, 0.4) is 0 Å². The van der Waals surface area contributed by atoms with E-state index in [1.165, 1.54) is 11.8 Å². The standard InChI is InChI=1S/C28H26N4O3S/c1-2-32(18-20-13-14-23-24(17-20)35-16-15-34-23)25(33)19-36-28-29-26(21-9-5-3-6-10-21)27(30-31-28)22-11-7-4-8-12-22/h3-14,17H,2,15-16,18-19H2,1H3. The van der Waals surface area contributed by atoms with E-state index >= 15 is 0 Å². The number of carbonyl (C=O) groups excluding carboxylic acids is 1. The molecule has 182 valence electrons. The van der Waals surface area contributed by atoms with Crippen molar-refractivity contribution in [2.24, 2.45) is 0 Å². The van der Waals surface area contributed by atoms with E-state index in [2.05, 4.69) is 10.2 Å². The van der Waals surface area contributed by atoms with Crippen LogP contribution in [0.2, 0.25) is 0 Å². The van der Waals surface area contributed by atoms with Gasteiger partial charge in [0.2, 0.25) is 11.1 Å². The second-order valence-electron chi connectivity index (χ2n) is 8.20. The maximum atomic E-state index is 13.1. The minimum atomic E-state index is 0.00869. The summed E-state index contributed by atoms with van der Waals surface area (Å²) >= 11 is 1.30. The molecule has 0 saturated heterocycles. The summed E-state index contributed by atoms with van der Waals surface area (Å²) in [5.74, 6) is 1.70. The molecule has 8 heteroatoms. The Labute approximate surface area is 214 Å². The third-order valence-corrected chi connectivity index (χ3v) is 6.62.